The number of carbonyl (C=O) groups excluding carboxylic acids is 1. The number of ether oxygens (including phenoxy) is 1. The number of carbonyl (C=O) groups is 1. The second-order valence-electron chi connectivity index (χ2n) is 7.57. The zero-order valence-corrected chi connectivity index (χ0v) is 16.8. The Balaban J connectivity index is 1.76. The van der Waals surface area contributed by atoms with E-state index < -0.39 is 15.4 Å². The molecule has 2 aliphatic rings. The van der Waals surface area contributed by atoms with E-state index in [4.69, 9.17) is 4.74 Å². The average Bonchev–Trinajstić information content (AvgIpc) is 3.20. The highest BCUT2D eigenvalue weighted by Gasteiger charge is 2.41. The molecule has 1 amide bonds. The first-order valence-corrected chi connectivity index (χ1v) is 11.6. The van der Waals surface area contributed by atoms with Crippen LogP contribution in [-0.4, -0.2) is 39.3 Å². The Morgan fingerprint density at radius 3 is 2.44 bits per heavy atom. The summed E-state index contributed by atoms with van der Waals surface area (Å²) in [6, 6.07) is 7.30. The fourth-order valence-electron chi connectivity index (χ4n) is 4.09. The summed E-state index contributed by atoms with van der Waals surface area (Å²) in [5, 5.41) is 3.12. The molecule has 3 rings (SSSR count). The Hall–Kier alpha value is -1.60. The fraction of sp³-hybridized carbons (Fsp3) is 0.650. The Morgan fingerprint density at radius 1 is 1.15 bits per heavy atom. The van der Waals surface area contributed by atoms with E-state index in [0.717, 1.165) is 57.1 Å². The van der Waals surface area contributed by atoms with Gasteiger partial charge in [-0.25, -0.2) is 8.42 Å². The number of anilines is 1. The minimum atomic E-state index is -3.30. The van der Waals surface area contributed by atoms with E-state index in [9.17, 15) is 13.2 Å². The van der Waals surface area contributed by atoms with Gasteiger partial charge in [0, 0.05) is 18.8 Å². The van der Waals surface area contributed by atoms with E-state index in [2.05, 4.69) is 10.0 Å². The van der Waals surface area contributed by atoms with Crippen LogP contribution < -0.4 is 10.0 Å². The van der Waals surface area contributed by atoms with Crippen LogP contribution in [0.5, 0.6) is 0 Å². The van der Waals surface area contributed by atoms with Gasteiger partial charge >= 0.3 is 0 Å². The average molecular weight is 395 g/mol. The molecule has 0 aromatic heterocycles. The van der Waals surface area contributed by atoms with Crippen molar-refractivity contribution in [2.45, 2.75) is 63.4 Å². The molecule has 0 radical (unpaired) electrons. The van der Waals surface area contributed by atoms with Crippen molar-refractivity contribution < 1.29 is 17.9 Å². The van der Waals surface area contributed by atoms with Gasteiger partial charge in [-0.3, -0.25) is 9.52 Å². The van der Waals surface area contributed by atoms with Gasteiger partial charge in [0.2, 0.25) is 15.9 Å². The smallest absolute Gasteiger partial charge is 0.232 e. The minimum Gasteiger partial charge on any atom is -0.376 e. The van der Waals surface area contributed by atoms with E-state index in [1.807, 2.05) is 12.1 Å². The Kier molecular flexibility index (Phi) is 6.42. The van der Waals surface area contributed by atoms with E-state index in [1.165, 1.54) is 0 Å². The van der Waals surface area contributed by atoms with Gasteiger partial charge in [0.15, 0.2) is 0 Å². The first kappa shape index (κ1) is 20.1. The van der Waals surface area contributed by atoms with E-state index in [1.54, 1.807) is 19.1 Å². The molecule has 0 bridgehead atoms. The van der Waals surface area contributed by atoms with Crippen LogP contribution in [-0.2, 0) is 25.0 Å². The molecular formula is C20H30N2O4S. The Labute approximate surface area is 162 Å². The summed E-state index contributed by atoms with van der Waals surface area (Å²) in [5.74, 6) is 0.101. The monoisotopic (exact) mass is 394 g/mol. The number of benzene rings is 1. The number of amides is 1. The largest absolute Gasteiger partial charge is 0.376 e. The molecule has 1 saturated carbocycles. The zero-order valence-electron chi connectivity index (χ0n) is 16.0. The first-order valence-electron chi connectivity index (χ1n) is 9.96. The summed E-state index contributed by atoms with van der Waals surface area (Å²) in [5.41, 5.74) is 0.969. The van der Waals surface area contributed by atoms with Crippen LogP contribution in [0.25, 0.3) is 0 Å². The highest BCUT2D eigenvalue weighted by Crippen LogP contribution is 2.40. The zero-order chi connectivity index (χ0) is 19.3. The molecule has 0 spiro atoms. The topological polar surface area (TPSA) is 84.5 Å². The number of rotatable bonds is 7. The number of sulfonamides is 1. The fourth-order valence-corrected chi connectivity index (χ4v) is 4.73. The van der Waals surface area contributed by atoms with Gasteiger partial charge in [-0.05, 0) is 50.3 Å². The molecule has 27 heavy (non-hydrogen) atoms. The standard InChI is InChI=1S/C20H30N2O4S/c1-2-27(24,25)22-17-10-8-16(9-11-17)20(12-4-3-5-13-20)19(23)21-15-18-7-6-14-26-18/h8-11,18,22H,2-7,12-15H2,1H3,(H,21,23)/t18-/m1/s1. The van der Waals surface area contributed by atoms with Gasteiger partial charge in [0.1, 0.15) is 0 Å². The third-order valence-electron chi connectivity index (χ3n) is 5.75. The van der Waals surface area contributed by atoms with Crippen LogP contribution in [0, 0.1) is 0 Å². The molecule has 1 saturated heterocycles. The highest BCUT2D eigenvalue weighted by atomic mass is 32.2. The Bertz CT molecular complexity index is 734. The van der Waals surface area contributed by atoms with Gasteiger partial charge in [0.05, 0.1) is 17.3 Å². The van der Waals surface area contributed by atoms with Crippen LogP contribution >= 0.6 is 0 Å². The summed E-state index contributed by atoms with van der Waals surface area (Å²) < 4.78 is 31.7. The molecule has 1 heterocycles. The van der Waals surface area contributed by atoms with Gasteiger partial charge in [0.25, 0.3) is 0 Å². The summed E-state index contributed by atoms with van der Waals surface area (Å²) in [7, 11) is -3.30. The lowest BCUT2D eigenvalue weighted by molar-refractivity contribution is -0.128. The van der Waals surface area contributed by atoms with Gasteiger partial charge in [-0.15, -0.1) is 0 Å². The van der Waals surface area contributed by atoms with Crippen molar-refractivity contribution >= 4 is 21.6 Å². The maximum absolute atomic E-state index is 13.2. The van der Waals surface area contributed by atoms with Crippen molar-refractivity contribution in [3.05, 3.63) is 29.8 Å². The van der Waals surface area contributed by atoms with Gasteiger partial charge in [-0.2, -0.15) is 0 Å². The number of hydrogen-bond donors (Lipinski definition) is 2. The van der Waals surface area contributed by atoms with E-state index >= 15 is 0 Å². The molecule has 0 unspecified atom stereocenters. The Morgan fingerprint density at radius 2 is 1.85 bits per heavy atom. The van der Waals surface area contributed by atoms with Crippen molar-refractivity contribution in [1.82, 2.24) is 5.32 Å². The highest BCUT2D eigenvalue weighted by molar-refractivity contribution is 7.92. The lowest BCUT2D eigenvalue weighted by Gasteiger charge is -2.36. The predicted octanol–water partition coefficient (Wildman–Crippen LogP) is 2.95. The van der Waals surface area contributed by atoms with Crippen molar-refractivity contribution in [2.24, 2.45) is 0 Å². The molecule has 1 aromatic rings. The predicted molar refractivity (Wildman–Crippen MR) is 106 cm³/mol. The molecule has 1 aliphatic heterocycles. The first-order chi connectivity index (χ1) is 13.0. The second kappa shape index (κ2) is 8.61. The van der Waals surface area contributed by atoms with Crippen LogP contribution in [0.3, 0.4) is 0 Å². The molecule has 7 heteroatoms. The molecule has 1 atom stereocenters. The minimum absolute atomic E-state index is 0.0321. The summed E-state index contributed by atoms with van der Waals surface area (Å²) in [4.78, 5) is 13.2. The van der Waals surface area contributed by atoms with Crippen LogP contribution in [0.15, 0.2) is 24.3 Å². The van der Waals surface area contributed by atoms with Crippen molar-refractivity contribution in [1.29, 1.82) is 0 Å². The van der Waals surface area contributed by atoms with Crippen molar-refractivity contribution in [3.63, 3.8) is 0 Å². The van der Waals surface area contributed by atoms with Crippen LogP contribution in [0.2, 0.25) is 0 Å². The normalized spacial score (nSPS) is 22.3. The quantitative estimate of drug-likeness (QED) is 0.745. The number of hydrogen-bond acceptors (Lipinski definition) is 4. The third-order valence-corrected chi connectivity index (χ3v) is 7.05. The lowest BCUT2D eigenvalue weighted by Crippen LogP contribution is -2.47. The molecule has 6 nitrogen and oxygen atoms in total. The van der Waals surface area contributed by atoms with Gasteiger partial charge < -0.3 is 10.1 Å². The maximum Gasteiger partial charge on any atom is 0.232 e. The van der Waals surface area contributed by atoms with Gasteiger partial charge in [-0.1, -0.05) is 31.4 Å². The molecule has 2 N–H and O–H groups in total. The lowest BCUT2D eigenvalue weighted by atomic mass is 9.68. The maximum atomic E-state index is 13.2. The van der Waals surface area contributed by atoms with E-state index in [-0.39, 0.29) is 17.8 Å². The molecule has 2 fully saturated rings. The molecular weight excluding hydrogens is 364 g/mol. The molecule has 1 aliphatic carbocycles. The van der Waals surface area contributed by atoms with Crippen molar-refractivity contribution in [3.8, 4) is 0 Å². The van der Waals surface area contributed by atoms with E-state index in [0.29, 0.717) is 12.2 Å². The SMILES string of the molecule is CCS(=O)(=O)Nc1ccc(C2(C(=O)NC[C@H]3CCCO3)CCCCC2)cc1. The van der Waals surface area contributed by atoms with Crippen LogP contribution in [0.4, 0.5) is 5.69 Å². The van der Waals surface area contributed by atoms with Crippen LogP contribution in [0.1, 0.15) is 57.4 Å². The summed E-state index contributed by atoms with van der Waals surface area (Å²) >= 11 is 0. The molecule has 1 aromatic carbocycles. The summed E-state index contributed by atoms with van der Waals surface area (Å²) in [6.45, 7) is 2.95. The second-order valence-corrected chi connectivity index (χ2v) is 9.58. The van der Waals surface area contributed by atoms with Crippen molar-refractivity contribution in [2.75, 3.05) is 23.6 Å². The molecule has 150 valence electrons. The summed E-state index contributed by atoms with van der Waals surface area (Å²) in [6.07, 6.45) is 7.03. The number of nitrogens with one attached hydrogen (secondary N) is 2. The third kappa shape index (κ3) is 4.82.